The Morgan fingerprint density at radius 1 is 1.19 bits per heavy atom. The summed E-state index contributed by atoms with van der Waals surface area (Å²) in [6.07, 6.45) is 5.28. The van der Waals surface area contributed by atoms with E-state index < -0.39 is 18.6 Å². The minimum Gasteiger partial charge on any atom is -0.351 e. The molecule has 1 aromatic carbocycles. The van der Waals surface area contributed by atoms with Crippen LogP contribution in [0.5, 0.6) is 0 Å². The van der Waals surface area contributed by atoms with E-state index in [0.717, 1.165) is 36.1 Å². The van der Waals surface area contributed by atoms with Gasteiger partial charge in [-0.05, 0) is 43.3 Å². The van der Waals surface area contributed by atoms with Crippen LogP contribution in [-0.2, 0) is 9.59 Å². The Morgan fingerprint density at radius 2 is 1.89 bits per heavy atom. The van der Waals surface area contributed by atoms with E-state index >= 15 is 0 Å². The maximum absolute atomic E-state index is 13.4. The molecule has 1 N–H and O–H groups in total. The number of hydrogen-bond acceptors (Lipinski definition) is 3. The van der Waals surface area contributed by atoms with Gasteiger partial charge in [-0.2, -0.15) is 0 Å². The van der Waals surface area contributed by atoms with E-state index in [2.05, 4.69) is 5.32 Å². The van der Waals surface area contributed by atoms with Gasteiger partial charge in [0, 0.05) is 16.6 Å². The SMILES string of the molecule is Cc1ccc(N(C(=O)CF)C(C(=O)NC2CCCCC2)c2cccs2)cc1. The second-order valence-corrected chi connectivity index (χ2v) is 7.97. The predicted octanol–water partition coefficient (Wildman–Crippen LogP) is 4.55. The summed E-state index contributed by atoms with van der Waals surface area (Å²) in [4.78, 5) is 27.7. The van der Waals surface area contributed by atoms with Gasteiger partial charge in [0.05, 0.1) is 0 Å². The van der Waals surface area contributed by atoms with Crippen LogP contribution < -0.4 is 10.2 Å². The highest BCUT2D eigenvalue weighted by Crippen LogP contribution is 2.31. The zero-order valence-corrected chi connectivity index (χ0v) is 16.3. The Bertz CT molecular complexity index is 755. The molecule has 2 amide bonds. The molecule has 2 aromatic rings. The standard InChI is InChI=1S/C21H25FN2O2S/c1-15-9-11-17(12-10-15)24(19(25)14-22)20(18-8-5-13-27-18)21(26)23-16-6-3-2-4-7-16/h5,8-13,16,20H,2-4,6-7,14H2,1H3,(H,23,26). The van der Waals surface area contributed by atoms with Gasteiger partial charge in [-0.15, -0.1) is 11.3 Å². The fourth-order valence-electron chi connectivity index (χ4n) is 3.55. The molecule has 3 rings (SSSR count). The van der Waals surface area contributed by atoms with Crippen LogP contribution in [0.25, 0.3) is 0 Å². The highest BCUT2D eigenvalue weighted by molar-refractivity contribution is 7.10. The van der Waals surface area contributed by atoms with Crippen LogP contribution in [0.1, 0.15) is 48.6 Å². The molecule has 1 atom stereocenters. The molecule has 144 valence electrons. The molecule has 0 aliphatic heterocycles. The number of carbonyl (C=O) groups is 2. The number of halogens is 1. The van der Waals surface area contributed by atoms with E-state index in [-0.39, 0.29) is 11.9 Å². The van der Waals surface area contributed by atoms with E-state index in [1.54, 1.807) is 12.1 Å². The zero-order valence-electron chi connectivity index (χ0n) is 15.5. The van der Waals surface area contributed by atoms with Crippen molar-refractivity contribution >= 4 is 28.8 Å². The number of benzene rings is 1. The van der Waals surface area contributed by atoms with Crippen molar-refractivity contribution in [3.63, 3.8) is 0 Å². The summed E-state index contributed by atoms with van der Waals surface area (Å²) in [7, 11) is 0. The lowest BCUT2D eigenvalue weighted by atomic mass is 9.95. The number of aryl methyl sites for hydroxylation is 1. The Morgan fingerprint density at radius 3 is 2.48 bits per heavy atom. The maximum atomic E-state index is 13.4. The fraction of sp³-hybridized carbons (Fsp3) is 0.429. The first-order valence-electron chi connectivity index (χ1n) is 9.38. The lowest BCUT2D eigenvalue weighted by Gasteiger charge is -2.32. The van der Waals surface area contributed by atoms with Crippen LogP contribution in [0.15, 0.2) is 41.8 Å². The third-order valence-corrected chi connectivity index (χ3v) is 5.89. The molecule has 6 heteroatoms. The van der Waals surface area contributed by atoms with Crippen molar-refractivity contribution in [1.82, 2.24) is 5.32 Å². The Balaban J connectivity index is 1.94. The van der Waals surface area contributed by atoms with Gasteiger partial charge in [-0.25, -0.2) is 4.39 Å². The number of rotatable bonds is 6. The van der Waals surface area contributed by atoms with Crippen LogP contribution in [-0.4, -0.2) is 24.5 Å². The second kappa shape index (κ2) is 9.13. The number of alkyl halides is 1. The smallest absolute Gasteiger partial charge is 0.259 e. The van der Waals surface area contributed by atoms with Gasteiger partial charge in [0.2, 0.25) is 5.91 Å². The Hall–Kier alpha value is -2.21. The molecule has 1 aliphatic carbocycles. The maximum Gasteiger partial charge on any atom is 0.259 e. The number of amides is 2. The van der Waals surface area contributed by atoms with Gasteiger partial charge in [0.1, 0.15) is 6.04 Å². The normalized spacial score (nSPS) is 15.9. The molecule has 1 aromatic heterocycles. The van der Waals surface area contributed by atoms with E-state index in [1.165, 1.54) is 22.7 Å². The number of thiophene rings is 1. The Labute approximate surface area is 163 Å². The summed E-state index contributed by atoms with van der Waals surface area (Å²) in [5.74, 6) is -0.956. The number of hydrogen-bond donors (Lipinski definition) is 1. The Kier molecular flexibility index (Phi) is 6.61. The van der Waals surface area contributed by atoms with E-state index in [4.69, 9.17) is 0 Å². The monoisotopic (exact) mass is 388 g/mol. The molecule has 1 fully saturated rings. The molecule has 0 spiro atoms. The first-order valence-corrected chi connectivity index (χ1v) is 10.3. The zero-order chi connectivity index (χ0) is 19.2. The molecule has 0 radical (unpaired) electrons. The van der Waals surface area contributed by atoms with Crippen molar-refractivity contribution in [3.05, 3.63) is 52.2 Å². The third-order valence-electron chi connectivity index (χ3n) is 4.97. The van der Waals surface area contributed by atoms with Crippen LogP contribution in [0.4, 0.5) is 10.1 Å². The van der Waals surface area contributed by atoms with Crippen LogP contribution >= 0.6 is 11.3 Å². The minimum atomic E-state index is -1.15. The van der Waals surface area contributed by atoms with E-state index in [9.17, 15) is 14.0 Å². The van der Waals surface area contributed by atoms with E-state index in [0.29, 0.717) is 5.69 Å². The van der Waals surface area contributed by atoms with Crippen molar-refractivity contribution in [3.8, 4) is 0 Å². The molecule has 0 bridgehead atoms. The summed E-state index contributed by atoms with van der Waals surface area (Å²) in [5.41, 5.74) is 1.56. The van der Waals surface area contributed by atoms with Crippen LogP contribution in [0.2, 0.25) is 0 Å². The predicted molar refractivity (Wildman–Crippen MR) is 107 cm³/mol. The van der Waals surface area contributed by atoms with Gasteiger partial charge in [-0.1, -0.05) is 43.0 Å². The number of anilines is 1. The lowest BCUT2D eigenvalue weighted by Crippen LogP contribution is -2.47. The van der Waals surface area contributed by atoms with E-state index in [1.807, 2.05) is 36.6 Å². The van der Waals surface area contributed by atoms with Crippen molar-refractivity contribution in [2.75, 3.05) is 11.6 Å². The molecule has 0 saturated heterocycles. The largest absolute Gasteiger partial charge is 0.351 e. The number of carbonyl (C=O) groups excluding carboxylic acids is 2. The molecule has 1 aliphatic rings. The molecule has 1 saturated carbocycles. The van der Waals surface area contributed by atoms with Gasteiger partial charge in [0.25, 0.3) is 5.91 Å². The molecule has 27 heavy (non-hydrogen) atoms. The second-order valence-electron chi connectivity index (χ2n) is 6.99. The number of nitrogens with zero attached hydrogens (tertiary/aromatic N) is 1. The molecular formula is C21H25FN2O2S. The summed E-state index contributed by atoms with van der Waals surface area (Å²) in [5, 5.41) is 4.96. The van der Waals surface area contributed by atoms with Crippen molar-refractivity contribution in [2.45, 2.75) is 51.1 Å². The van der Waals surface area contributed by atoms with Crippen LogP contribution in [0, 0.1) is 6.92 Å². The van der Waals surface area contributed by atoms with Gasteiger partial charge in [0.15, 0.2) is 6.67 Å². The lowest BCUT2D eigenvalue weighted by molar-refractivity contribution is -0.127. The van der Waals surface area contributed by atoms with Gasteiger partial charge in [-0.3, -0.25) is 14.5 Å². The first kappa shape index (κ1) is 19.5. The van der Waals surface area contributed by atoms with Gasteiger partial charge >= 0.3 is 0 Å². The third kappa shape index (κ3) is 4.75. The molecular weight excluding hydrogens is 363 g/mol. The van der Waals surface area contributed by atoms with Crippen LogP contribution in [0.3, 0.4) is 0 Å². The van der Waals surface area contributed by atoms with Crippen molar-refractivity contribution in [1.29, 1.82) is 0 Å². The molecule has 4 nitrogen and oxygen atoms in total. The van der Waals surface area contributed by atoms with Crippen molar-refractivity contribution in [2.24, 2.45) is 0 Å². The average molecular weight is 389 g/mol. The average Bonchev–Trinajstić information content (AvgIpc) is 3.21. The summed E-state index contributed by atoms with van der Waals surface area (Å²) < 4.78 is 13.4. The highest BCUT2D eigenvalue weighted by atomic mass is 32.1. The van der Waals surface area contributed by atoms with Crippen molar-refractivity contribution < 1.29 is 14.0 Å². The first-order chi connectivity index (χ1) is 13.1. The number of nitrogens with one attached hydrogen (secondary N) is 1. The fourth-order valence-corrected chi connectivity index (χ4v) is 4.37. The summed E-state index contributed by atoms with van der Waals surface area (Å²) >= 11 is 1.40. The highest BCUT2D eigenvalue weighted by Gasteiger charge is 2.34. The van der Waals surface area contributed by atoms with Gasteiger partial charge < -0.3 is 5.32 Å². The molecule has 1 heterocycles. The quantitative estimate of drug-likeness (QED) is 0.789. The minimum absolute atomic E-state index is 0.119. The summed E-state index contributed by atoms with van der Waals surface area (Å²) in [6, 6.07) is 10.2. The topological polar surface area (TPSA) is 49.4 Å². The molecule has 1 unspecified atom stereocenters. The summed E-state index contributed by atoms with van der Waals surface area (Å²) in [6.45, 7) is 0.796.